The number of benzene rings is 8. The summed E-state index contributed by atoms with van der Waals surface area (Å²) in [6.07, 6.45) is 5.60. The number of nitrogens with zero attached hydrogens (tertiary/aromatic N) is 2. The second-order valence-electron chi connectivity index (χ2n) is 13.7. The smallest absolute Gasteiger partial charge is 0.0702 e. The van der Waals surface area contributed by atoms with Crippen LogP contribution < -0.4 is 0 Å². The lowest BCUT2D eigenvalue weighted by Crippen LogP contribution is -1.93. The summed E-state index contributed by atoms with van der Waals surface area (Å²) in [6.45, 7) is 0. The molecule has 0 bridgehead atoms. The van der Waals surface area contributed by atoms with Gasteiger partial charge in [-0.2, -0.15) is 0 Å². The van der Waals surface area contributed by atoms with Gasteiger partial charge >= 0.3 is 0 Å². The van der Waals surface area contributed by atoms with Gasteiger partial charge in [0.05, 0.1) is 5.69 Å². The number of fused-ring (bicyclic) bond motifs is 6. The fraction of sp³-hybridized carbons (Fsp3) is 0. The lowest BCUT2D eigenvalue weighted by atomic mass is 9.85. The quantitative estimate of drug-likeness (QED) is 0.163. The lowest BCUT2D eigenvalue weighted by molar-refractivity contribution is 1.32. The zero-order chi connectivity index (χ0) is 35.8. The average Bonchev–Trinajstić information content (AvgIpc) is 3.27. The molecule has 2 heterocycles. The Bertz CT molecular complexity index is 2890. The standard InChI is InChI=1S/C52H34N2/c1-3-17-42(40(15-1)35-26-27-50-48-23-8-7-21-46(48)47-22-9-10-24-49(47)51(50)33-35)44-19-5-6-20-45(44)43-18-4-2-16-41(43)38-30-37(36-14-13-28-53-34-36)31-39(32-38)52-25-11-12-29-54-52/h1-34H. The molecule has 0 aliphatic heterocycles. The molecule has 0 radical (unpaired) electrons. The van der Waals surface area contributed by atoms with Crippen LogP contribution >= 0.6 is 0 Å². The van der Waals surface area contributed by atoms with Crippen LogP contribution in [0.4, 0.5) is 0 Å². The Kier molecular flexibility index (Phi) is 7.85. The number of aromatic nitrogens is 2. The molecule has 8 aromatic carbocycles. The van der Waals surface area contributed by atoms with E-state index in [1.807, 2.05) is 36.8 Å². The molecular formula is C52H34N2. The molecule has 0 N–H and O–H groups in total. The maximum atomic E-state index is 4.73. The fourth-order valence-electron chi connectivity index (χ4n) is 8.13. The number of pyridine rings is 2. The molecule has 0 aliphatic carbocycles. The van der Waals surface area contributed by atoms with Crippen molar-refractivity contribution < 1.29 is 0 Å². The van der Waals surface area contributed by atoms with Gasteiger partial charge in [-0.3, -0.25) is 9.97 Å². The number of hydrogen-bond donors (Lipinski definition) is 0. The Balaban J connectivity index is 1.15. The Hall–Kier alpha value is -7.16. The predicted octanol–water partition coefficient (Wildman–Crippen LogP) is 13.9. The highest BCUT2D eigenvalue weighted by atomic mass is 14.7. The van der Waals surface area contributed by atoms with Crippen molar-refractivity contribution in [2.75, 3.05) is 0 Å². The Morgan fingerprint density at radius 1 is 0.259 bits per heavy atom. The second kappa shape index (κ2) is 13.4. The van der Waals surface area contributed by atoms with E-state index < -0.39 is 0 Å². The first-order chi connectivity index (χ1) is 26.8. The third kappa shape index (κ3) is 5.53. The molecular weight excluding hydrogens is 653 g/mol. The van der Waals surface area contributed by atoms with Gasteiger partial charge in [0, 0.05) is 29.7 Å². The first kappa shape index (κ1) is 31.6. The van der Waals surface area contributed by atoms with Gasteiger partial charge in [0.15, 0.2) is 0 Å². The third-order valence-electron chi connectivity index (χ3n) is 10.6. The summed E-state index contributed by atoms with van der Waals surface area (Å²) in [4.78, 5) is 9.16. The van der Waals surface area contributed by atoms with Crippen LogP contribution in [0.3, 0.4) is 0 Å². The summed E-state index contributed by atoms with van der Waals surface area (Å²) >= 11 is 0. The fourth-order valence-corrected chi connectivity index (χ4v) is 8.13. The third-order valence-corrected chi connectivity index (χ3v) is 10.6. The van der Waals surface area contributed by atoms with E-state index in [1.165, 1.54) is 65.7 Å². The molecule has 2 nitrogen and oxygen atoms in total. The van der Waals surface area contributed by atoms with Crippen LogP contribution in [0.15, 0.2) is 207 Å². The van der Waals surface area contributed by atoms with Crippen molar-refractivity contribution in [1.82, 2.24) is 9.97 Å². The normalized spacial score (nSPS) is 11.3. The first-order valence-electron chi connectivity index (χ1n) is 18.4. The highest BCUT2D eigenvalue weighted by Crippen LogP contribution is 2.44. The van der Waals surface area contributed by atoms with E-state index in [0.29, 0.717) is 0 Å². The Morgan fingerprint density at radius 2 is 0.741 bits per heavy atom. The SMILES string of the molecule is c1ccc(-c2cc(-c3cccnc3)cc(-c3ccccc3-c3ccccc3-c3ccccc3-c3ccc4c5ccccc5c5ccccc5c4c3)c2)nc1. The zero-order valence-electron chi connectivity index (χ0n) is 29.5. The molecule has 0 saturated carbocycles. The highest BCUT2D eigenvalue weighted by Gasteiger charge is 2.18. The van der Waals surface area contributed by atoms with E-state index in [-0.39, 0.29) is 0 Å². The molecule has 0 aliphatic rings. The van der Waals surface area contributed by atoms with Crippen LogP contribution in [0, 0.1) is 0 Å². The van der Waals surface area contributed by atoms with Gasteiger partial charge < -0.3 is 0 Å². The molecule has 10 rings (SSSR count). The van der Waals surface area contributed by atoms with Crippen molar-refractivity contribution in [2.24, 2.45) is 0 Å². The summed E-state index contributed by atoms with van der Waals surface area (Å²) in [5, 5.41) is 7.68. The summed E-state index contributed by atoms with van der Waals surface area (Å²) in [5.74, 6) is 0. The van der Waals surface area contributed by atoms with Gasteiger partial charge in [-0.25, -0.2) is 0 Å². The van der Waals surface area contributed by atoms with E-state index in [2.05, 4.69) is 175 Å². The first-order valence-corrected chi connectivity index (χ1v) is 18.4. The van der Waals surface area contributed by atoms with Gasteiger partial charge in [0.1, 0.15) is 0 Å². The molecule has 252 valence electrons. The van der Waals surface area contributed by atoms with E-state index in [1.54, 1.807) is 0 Å². The van der Waals surface area contributed by atoms with Crippen LogP contribution in [0.2, 0.25) is 0 Å². The van der Waals surface area contributed by atoms with E-state index >= 15 is 0 Å². The summed E-state index contributed by atoms with van der Waals surface area (Å²) < 4.78 is 0. The number of hydrogen-bond acceptors (Lipinski definition) is 2. The minimum atomic E-state index is 0.937. The average molecular weight is 687 g/mol. The minimum Gasteiger partial charge on any atom is -0.264 e. The molecule has 0 spiro atoms. The molecule has 0 unspecified atom stereocenters. The van der Waals surface area contributed by atoms with Crippen LogP contribution in [-0.4, -0.2) is 9.97 Å². The summed E-state index contributed by atoms with van der Waals surface area (Å²) in [5.41, 5.74) is 13.6. The zero-order valence-corrected chi connectivity index (χ0v) is 29.5. The molecule has 0 amide bonds. The minimum absolute atomic E-state index is 0.937. The van der Waals surface area contributed by atoms with Crippen molar-refractivity contribution in [3.8, 4) is 66.9 Å². The molecule has 0 saturated heterocycles. The second-order valence-corrected chi connectivity index (χ2v) is 13.7. The van der Waals surface area contributed by atoms with Crippen LogP contribution in [0.1, 0.15) is 0 Å². The van der Waals surface area contributed by atoms with Gasteiger partial charge in [-0.05, 0) is 125 Å². The van der Waals surface area contributed by atoms with E-state index in [0.717, 1.165) is 33.5 Å². The topological polar surface area (TPSA) is 25.8 Å². The maximum absolute atomic E-state index is 4.73. The lowest BCUT2D eigenvalue weighted by Gasteiger charge is -2.18. The van der Waals surface area contributed by atoms with Gasteiger partial charge in [0.2, 0.25) is 0 Å². The highest BCUT2D eigenvalue weighted by molar-refractivity contribution is 6.25. The predicted molar refractivity (Wildman–Crippen MR) is 227 cm³/mol. The monoisotopic (exact) mass is 686 g/mol. The molecule has 0 fully saturated rings. The van der Waals surface area contributed by atoms with Gasteiger partial charge in [-0.1, -0.05) is 146 Å². The van der Waals surface area contributed by atoms with Crippen LogP contribution in [0.25, 0.3) is 99.2 Å². The summed E-state index contributed by atoms with van der Waals surface area (Å²) in [7, 11) is 0. The largest absolute Gasteiger partial charge is 0.264 e. The van der Waals surface area contributed by atoms with E-state index in [4.69, 9.17) is 4.98 Å². The van der Waals surface area contributed by atoms with Crippen molar-refractivity contribution >= 4 is 32.3 Å². The Morgan fingerprint density at radius 3 is 1.31 bits per heavy atom. The molecule has 2 aromatic heterocycles. The van der Waals surface area contributed by atoms with Crippen molar-refractivity contribution in [3.05, 3.63) is 207 Å². The summed E-state index contributed by atoms with van der Waals surface area (Å²) in [6, 6.07) is 67.9. The molecule has 54 heavy (non-hydrogen) atoms. The number of rotatable bonds is 6. The maximum Gasteiger partial charge on any atom is 0.0702 e. The van der Waals surface area contributed by atoms with Crippen LogP contribution in [0.5, 0.6) is 0 Å². The van der Waals surface area contributed by atoms with Crippen LogP contribution in [-0.2, 0) is 0 Å². The van der Waals surface area contributed by atoms with Gasteiger partial charge in [0.25, 0.3) is 0 Å². The molecule has 0 atom stereocenters. The van der Waals surface area contributed by atoms with Crippen molar-refractivity contribution in [3.63, 3.8) is 0 Å². The van der Waals surface area contributed by atoms with Gasteiger partial charge in [-0.15, -0.1) is 0 Å². The molecule has 10 aromatic rings. The molecule has 2 heteroatoms. The van der Waals surface area contributed by atoms with E-state index in [9.17, 15) is 0 Å². The Labute approximate surface area is 314 Å². The van der Waals surface area contributed by atoms with Crippen molar-refractivity contribution in [2.45, 2.75) is 0 Å². The van der Waals surface area contributed by atoms with Crippen molar-refractivity contribution in [1.29, 1.82) is 0 Å².